The molecular weight excluding hydrogens is 510 g/mol. The van der Waals surface area contributed by atoms with Crippen molar-refractivity contribution in [3.05, 3.63) is 64.2 Å². The summed E-state index contributed by atoms with van der Waals surface area (Å²) in [7, 11) is 0. The van der Waals surface area contributed by atoms with Crippen molar-refractivity contribution in [3.8, 4) is 0 Å². The van der Waals surface area contributed by atoms with Gasteiger partial charge >= 0.3 is 6.09 Å². The van der Waals surface area contributed by atoms with Gasteiger partial charge in [-0.1, -0.05) is 53.6 Å². The van der Waals surface area contributed by atoms with Crippen LogP contribution in [0.4, 0.5) is 10.5 Å². The minimum Gasteiger partial charge on any atom is -0.444 e. The number of nitrogens with zero attached hydrogens (tertiary/aromatic N) is 1. The lowest BCUT2D eigenvalue weighted by Crippen LogP contribution is -2.52. The molecule has 0 saturated carbocycles. The van der Waals surface area contributed by atoms with Crippen LogP contribution in [0.25, 0.3) is 0 Å². The zero-order valence-corrected chi connectivity index (χ0v) is 24.3. The highest BCUT2D eigenvalue weighted by Gasteiger charge is 2.35. The van der Waals surface area contributed by atoms with Crippen molar-refractivity contribution in [1.29, 1.82) is 0 Å². The van der Waals surface area contributed by atoms with Crippen molar-refractivity contribution in [2.45, 2.75) is 65.6 Å². The second-order valence-corrected chi connectivity index (χ2v) is 11.2. The largest absolute Gasteiger partial charge is 0.444 e. The normalized spacial score (nSPS) is 12.9. The van der Waals surface area contributed by atoms with E-state index in [4.69, 9.17) is 16.3 Å². The minimum absolute atomic E-state index is 0.248. The van der Waals surface area contributed by atoms with Crippen molar-refractivity contribution < 1.29 is 19.1 Å². The Kier molecular flexibility index (Phi) is 11.3. The Hall–Kier alpha value is -2.71. The standard InChI is InChI=1S/C28H38ClN3O4S/c1-8-32(26(34)22(15-16-37-7)30-27(35)36-28(4,5)6)24(20-13-9-11-18(2)17-20)25(33)31-23-19(3)12-10-14-21(23)29/h9-14,17,22,24H,8,15-16H2,1-7H3,(H,30,35)(H,31,33). The van der Waals surface area contributed by atoms with Gasteiger partial charge in [-0.3, -0.25) is 9.59 Å². The first-order valence-electron chi connectivity index (χ1n) is 12.3. The summed E-state index contributed by atoms with van der Waals surface area (Å²) in [6.45, 7) is 11.1. The summed E-state index contributed by atoms with van der Waals surface area (Å²) in [5.74, 6) is -0.109. The molecule has 0 saturated heterocycles. The molecule has 0 aromatic heterocycles. The fourth-order valence-corrected chi connectivity index (χ4v) is 4.64. The number of hydrogen-bond donors (Lipinski definition) is 2. The monoisotopic (exact) mass is 547 g/mol. The highest BCUT2D eigenvalue weighted by Crippen LogP contribution is 2.29. The summed E-state index contributed by atoms with van der Waals surface area (Å²) in [6.07, 6.45) is 1.65. The lowest BCUT2D eigenvalue weighted by Gasteiger charge is -2.34. The smallest absolute Gasteiger partial charge is 0.408 e. The maximum atomic E-state index is 13.9. The summed E-state index contributed by atoms with van der Waals surface area (Å²) in [5, 5.41) is 6.08. The molecule has 9 heteroatoms. The molecule has 0 heterocycles. The number of anilines is 1. The minimum atomic E-state index is -0.940. The van der Waals surface area contributed by atoms with Gasteiger partial charge in [0.1, 0.15) is 17.7 Å². The Bertz CT molecular complexity index is 1080. The van der Waals surface area contributed by atoms with Crippen LogP contribution in [0.3, 0.4) is 0 Å². The number of alkyl carbamates (subject to hydrolysis) is 1. The summed E-state index contributed by atoms with van der Waals surface area (Å²) in [6, 6.07) is 11.1. The molecule has 2 N–H and O–H groups in total. The number of halogens is 1. The van der Waals surface area contributed by atoms with E-state index in [-0.39, 0.29) is 12.5 Å². The third kappa shape index (κ3) is 8.97. The quantitative estimate of drug-likeness (QED) is 0.373. The molecule has 7 nitrogen and oxygen atoms in total. The number of thioether (sulfide) groups is 1. The van der Waals surface area contributed by atoms with E-state index in [1.54, 1.807) is 38.6 Å². The van der Waals surface area contributed by atoms with Gasteiger partial charge in [-0.05, 0) is 77.2 Å². The van der Waals surface area contributed by atoms with Gasteiger partial charge in [0.15, 0.2) is 0 Å². The number of hydrogen-bond acceptors (Lipinski definition) is 5. The van der Waals surface area contributed by atoms with Crippen LogP contribution in [0.5, 0.6) is 0 Å². The van der Waals surface area contributed by atoms with Crippen LogP contribution in [0, 0.1) is 13.8 Å². The molecule has 0 fully saturated rings. The maximum Gasteiger partial charge on any atom is 0.408 e. The number of carbonyl (C=O) groups is 3. The fourth-order valence-electron chi connectivity index (χ4n) is 3.90. The highest BCUT2D eigenvalue weighted by molar-refractivity contribution is 7.98. The average Bonchev–Trinajstić information content (AvgIpc) is 2.80. The highest BCUT2D eigenvalue weighted by atomic mass is 35.5. The Morgan fingerprint density at radius 1 is 1.11 bits per heavy atom. The van der Waals surface area contributed by atoms with Crippen molar-refractivity contribution in [2.75, 3.05) is 23.9 Å². The first-order chi connectivity index (χ1) is 17.4. The third-order valence-electron chi connectivity index (χ3n) is 5.61. The van der Waals surface area contributed by atoms with E-state index < -0.39 is 29.7 Å². The van der Waals surface area contributed by atoms with E-state index in [1.165, 1.54) is 4.90 Å². The van der Waals surface area contributed by atoms with Crippen molar-refractivity contribution in [2.24, 2.45) is 0 Å². The summed E-state index contributed by atoms with van der Waals surface area (Å²) in [5.41, 5.74) is 2.22. The average molecular weight is 548 g/mol. The molecule has 2 atom stereocenters. The van der Waals surface area contributed by atoms with Gasteiger partial charge in [-0.25, -0.2) is 4.79 Å². The van der Waals surface area contributed by atoms with Crippen LogP contribution in [-0.4, -0.2) is 53.0 Å². The molecule has 0 aliphatic heterocycles. The number of para-hydroxylation sites is 1. The molecule has 3 amide bonds. The SMILES string of the molecule is CCN(C(=O)C(CCSC)NC(=O)OC(C)(C)C)C(C(=O)Nc1c(C)cccc1Cl)c1cccc(C)c1. The van der Waals surface area contributed by atoms with Crippen molar-refractivity contribution in [1.82, 2.24) is 10.2 Å². The molecule has 0 bridgehead atoms. The van der Waals surface area contributed by atoms with E-state index in [2.05, 4.69) is 10.6 Å². The van der Waals surface area contributed by atoms with E-state index in [0.717, 1.165) is 11.1 Å². The molecule has 37 heavy (non-hydrogen) atoms. The van der Waals surface area contributed by atoms with Gasteiger partial charge in [-0.15, -0.1) is 0 Å². The Balaban J connectivity index is 2.47. The number of rotatable bonds is 10. The van der Waals surface area contributed by atoms with Gasteiger partial charge in [0.2, 0.25) is 5.91 Å². The Labute approximate surface area is 229 Å². The van der Waals surface area contributed by atoms with Crippen molar-refractivity contribution >= 4 is 47.0 Å². The third-order valence-corrected chi connectivity index (χ3v) is 6.57. The molecule has 0 radical (unpaired) electrons. The van der Waals surface area contributed by atoms with E-state index >= 15 is 0 Å². The first kappa shape index (κ1) is 30.5. The summed E-state index contributed by atoms with van der Waals surface area (Å²) in [4.78, 5) is 41.8. The van der Waals surface area contributed by atoms with Crippen LogP contribution < -0.4 is 10.6 Å². The Morgan fingerprint density at radius 3 is 2.35 bits per heavy atom. The number of benzene rings is 2. The topological polar surface area (TPSA) is 87.7 Å². The van der Waals surface area contributed by atoms with Gasteiger partial charge < -0.3 is 20.3 Å². The number of ether oxygens (including phenoxy) is 1. The number of carbonyl (C=O) groups excluding carboxylic acids is 3. The number of amides is 3. The molecule has 2 aromatic carbocycles. The molecule has 2 unspecified atom stereocenters. The first-order valence-corrected chi connectivity index (χ1v) is 14.1. The molecule has 2 rings (SSSR count). The molecule has 0 spiro atoms. The second-order valence-electron chi connectivity index (χ2n) is 9.84. The zero-order valence-electron chi connectivity index (χ0n) is 22.7. The van der Waals surface area contributed by atoms with Crippen LogP contribution in [0.1, 0.15) is 56.8 Å². The second kappa shape index (κ2) is 13.7. The molecular formula is C28H38ClN3O4S. The predicted octanol–water partition coefficient (Wildman–Crippen LogP) is 6.13. The van der Waals surface area contributed by atoms with Gasteiger partial charge in [0.25, 0.3) is 5.91 Å². The molecule has 0 aliphatic rings. The molecule has 2 aromatic rings. The van der Waals surface area contributed by atoms with E-state index in [0.29, 0.717) is 28.4 Å². The number of likely N-dealkylation sites (N-methyl/N-ethyl adjacent to an activating group) is 1. The van der Waals surface area contributed by atoms with Gasteiger partial charge in [0.05, 0.1) is 10.7 Å². The molecule has 202 valence electrons. The maximum absolute atomic E-state index is 13.9. The van der Waals surface area contributed by atoms with Gasteiger partial charge in [0, 0.05) is 6.54 Å². The van der Waals surface area contributed by atoms with Crippen LogP contribution in [0.2, 0.25) is 5.02 Å². The van der Waals surface area contributed by atoms with E-state index in [1.807, 2.05) is 63.4 Å². The Morgan fingerprint density at radius 2 is 1.78 bits per heavy atom. The number of aryl methyl sites for hydroxylation is 2. The number of nitrogens with one attached hydrogen (secondary N) is 2. The van der Waals surface area contributed by atoms with Crippen molar-refractivity contribution in [3.63, 3.8) is 0 Å². The van der Waals surface area contributed by atoms with E-state index in [9.17, 15) is 14.4 Å². The van der Waals surface area contributed by atoms with Crippen LogP contribution in [0.15, 0.2) is 42.5 Å². The predicted molar refractivity (Wildman–Crippen MR) is 152 cm³/mol. The fraction of sp³-hybridized carbons (Fsp3) is 0.464. The zero-order chi connectivity index (χ0) is 27.8. The summed E-state index contributed by atoms with van der Waals surface area (Å²) >= 11 is 7.95. The lowest BCUT2D eigenvalue weighted by molar-refractivity contribution is -0.140. The van der Waals surface area contributed by atoms with Gasteiger partial charge in [-0.2, -0.15) is 11.8 Å². The van der Waals surface area contributed by atoms with Crippen LogP contribution in [-0.2, 0) is 14.3 Å². The van der Waals surface area contributed by atoms with Crippen LogP contribution >= 0.6 is 23.4 Å². The molecule has 0 aliphatic carbocycles. The summed E-state index contributed by atoms with van der Waals surface area (Å²) < 4.78 is 5.40. The lowest BCUT2D eigenvalue weighted by atomic mass is 10.00.